The van der Waals surface area contributed by atoms with Crippen LogP contribution in [0.3, 0.4) is 0 Å². The molecule has 0 aromatic rings. The van der Waals surface area contributed by atoms with E-state index in [-0.39, 0.29) is 29.4 Å². The molecule has 4 heteroatoms. The van der Waals surface area contributed by atoms with Crippen LogP contribution < -0.4 is 0 Å². The van der Waals surface area contributed by atoms with E-state index in [9.17, 15) is 9.59 Å². The zero-order valence-corrected chi connectivity index (χ0v) is 7.99. The van der Waals surface area contributed by atoms with E-state index in [4.69, 9.17) is 9.47 Å². The lowest BCUT2D eigenvalue weighted by Gasteiger charge is -2.26. The molecule has 76 valence electrons. The van der Waals surface area contributed by atoms with Crippen LogP contribution in [0.25, 0.3) is 0 Å². The van der Waals surface area contributed by atoms with E-state index in [0.29, 0.717) is 12.5 Å². The molecule has 4 nitrogen and oxygen atoms in total. The van der Waals surface area contributed by atoms with E-state index in [2.05, 4.69) is 0 Å². The summed E-state index contributed by atoms with van der Waals surface area (Å²) in [6.07, 6.45) is 1.83. The van der Waals surface area contributed by atoms with E-state index < -0.39 is 0 Å². The predicted molar refractivity (Wildman–Crippen MR) is 45.2 cm³/mol. The van der Waals surface area contributed by atoms with Crippen LogP contribution in [-0.4, -0.2) is 24.1 Å². The Hall–Kier alpha value is -1.06. The third-order valence-corrected chi connectivity index (χ3v) is 3.80. The van der Waals surface area contributed by atoms with Crippen molar-refractivity contribution < 1.29 is 19.1 Å². The third kappa shape index (κ3) is 0.837. The number of esters is 2. The highest BCUT2D eigenvalue weighted by Crippen LogP contribution is 2.69. The fourth-order valence-electron chi connectivity index (χ4n) is 3.06. The lowest BCUT2D eigenvalue weighted by molar-refractivity contribution is -0.161. The molecule has 2 aliphatic carbocycles. The Morgan fingerprint density at radius 1 is 1.71 bits per heavy atom. The van der Waals surface area contributed by atoms with Gasteiger partial charge in [-0.05, 0) is 12.8 Å². The molecule has 3 aliphatic rings. The van der Waals surface area contributed by atoms with Crippen molar-refractivity contribution in [3.05, 3.63) is 0 Å². The van der Waals surface area contributed by atoms with Crippen LogP contribution in [0.15, 0.2) is 0 Å². The van der Waals surface area contributed by atoms with Gasteiger partial charge < -0.3 is 9.47 Å². The summed E-state index contributed by atoms with van der Waals surface area (Å²) >= 11 is 0. The van der Waals surface area contributed by atoms with E-state index >= 15 is 0 Å². The van der Waals surface area contributed by atoms with Gasteiger partial charge in [0.1, 0.15) is 5.60 Å². The quantitative estimate of drug-likeness (QED) is 0.603. The Labute approximate surface area is 81.6 Å². The summed E-state index contributed by atoms with van der Waals surface area (Å²) in [7, 11) is 0. The van der Waals surface area contributed by atoms with E-state index in [0.717, 1.165) is 12.8 Å². The molecule has 0 aromatic heterocycles. The zero-order valence-electron chi connectivity index (χ0n) is 7.99. The van der Waals surface area contributed by atoms with Gasteiger partial charge in [-0.15, -0.1) is 0 Å². The van der Waals surface area contributed by atoms with Gasteiger partial charge in [-0.3, -0.25) is 9.59 Å². The van der Waals surface area contributed by atoms with Gasteiger partial charge in [0.15, 0.2) is 0 Å². The van der Waals surface area contributed by atoms with Crippen LogP contribution in [0, 0.1) is 17.8 Å². The minimum absolute atomic E-state index is 0.0414. The maximum absolute atomic E-state index is 11.2. The van der Waals surface area contributed by atoms with E-state index in [1.165, 1.54) is 6.92 Å². The summed E-state index contributed by atoms with van der Waals surface area (Å²) in [5.74, 6) is 0.471. The molecule has 0 N–H and O–H groups in total. The molecule has 2 bridgehead atoms. The zero-order chi connectivity index (χ0) is 9.92. The summed E-state index contributed by atoms with van der Waals surface area (Å²) in [5.41, 5.74) is -0.225. The Balaban J connectivity index is 1.69. The van der Waals surface area contributed by atoms with Crippen molar-refractivity contribution in [3.8, 4) is 0 Å². The van der Waals surface area contributed by atoms with Crippen LogP contribution in [0.1, 0.15) is 19.8 Å². The summed E-state index contributed by atoms with van der Waals surface area (Å²) in [6.45, 7) is 1.82. The molecule has 0 aromatic carbocycles. The maximum atomic E-state index is 11.2. The van der Waals surface area contributed by atoms with Crippen molar-refractivity contribution in [1.29, 1.82) is 0 Å². The minimum Gasteiger partial charge on any atom is -0.465 e. The van der Waals surface area contributed by atoms with Crippen LogP contribution in [0.2, 0.25) is 0 Å². The molecule has 14 heavy (non-hydrogen) atoms. The summed E-state index contributed by atoms with van der Waals surface area (Å²) in [4.78, 5) is 21.9. The Kier molecular flexibility index (Phi) is 1.36. The molecule has 0 amide bonds. The highest BCUT2D eigenvalue weighted by molar-refractivity contribution is 5.79. The van der Waals surface area contributed by atoms with E-state index in [1.807, 2.05) is 0 Å². The highest BCUT2D eigenvalue weighted by Gasteiger charge is 2.77. The summed E-state index contributed by atoms with van der Waals surface area (Å²) < 4.78 is 10.3. The molecule has 4 atom stereocenters. The van der Waals surface area contributed by atoms with Crippen molar-refractivity contribution in [2.75, 3.05) is 6.61 Å². The Morgan fingerprint density at radius 3 is 3.00 bits per heavy atom. The number of hydrogen-bond donors (Lipinski definition) is 0. The predicted octanol–water partition coefficient (Wildman–Crippen LogP) is 0.501. The molecule has 4 unspecified atom stereocenters. The van der Waals surface area contributed by atoms with E-state index in [1.54, 1.807) is 0 Å². The average molecular weight is 196 g/mol. The van der Waals surface area contributed by atoms with Crippen LogP contribution in [-0.2, 0) is 19.1 Å². The fraction of sp³-hybridized carbons (Fsp3) is 0.800. The van der Waals surface area contributed by atoms with Crippen LogP contribution in [0.5, 0.6) is 0 Å². The first-order valence-electron chi connectivity index (χ1n) is 5.00. The van der Waals surface area contributed by atoms with Crippen molar-refractivity contribution >= 4 is 11.9 Å². The van der Waals surface area contributed by atoms with Crippen molar-refractivity contribution in [3.63, 3.8) is 0 Å². The van der Waals surface area contributed by atoms with Gasteiger partial charge in [0.05, 0.1) is 12.5 Å². The molecule has 0 spiro atoms. The number of rotatable bonds is 2. The summed E-state index contributed by atoms with van der Waals surface area (Å²) in [5, 5.41) is 0. The van der Waals surface area contributed by atoms with Gasteiger partial charge >= 0.3 is 11.9 Å². The van der Waals surface area contributed by atoms with Crippen molar-refractivity contribution in [2.24, 2.45) is 17.8 Å². The van der Waals surface area contributed by atoms with Gasteiger partial charge in [0.2, 0.25) is 0 Å². The minimum atomic E-state index is -0.257. The number of carbonyl (C=O) groups is 2. The van der Waals surface area contributed by atoms with Gasteiger partial charge in [0.25, 0.3) is 0 Å². The average Bonchev–Trinajstić information content (AvgIpc) is 2.65. The maximum Gasteiger partial charge on any atom is 0.309 e. The van der Waals surface area contributed by atoms with Crippen molar-refractivity contribution in [1.82, 2.24) is 0 Å². The third-order valence-electron chi connectivity index (χ3n) is 3.80. The van der Waals surface area contributed by atoms with Crippen molar-refractivity contribution in [2.45, 2.75) is 25.4 Å². The molecule has 2 saturated carbocycles. The molecule has 1 saturated heterocycles. The highest BCUT2D eigenvalue weighted by atomic mass is 16.6. The number of ether oxygens (including phenoxy) is 2. The smallest absolute Gasteiger partial charge is 0.309 e. The lowest BCUT2D eigenvalue weighted by Crippen LogP contribution is -2.34. The number of hydrogen-bond acceptors (Lipinski definition) is 4. The largest absolute Gasteiger partial charge is 0.465 e. The van der Waals surface area contributed by atoms with Gasteiger partial charge in [-0.2, -0.15) is 0 Å². The first-order valence-corrected chi connectivity index (χ1v) is 5.00. The Bertz CT molecular complexity index is 324. The fourth-order valence-corrected chi connectivity index (χ4v) is 3.06. The SMILES string of the molecule is CC(=O)OCC1CC2C(=O)OC13CC23. The van der Waals surface area contributed by atoms with Gasteiger partial charge in [-0.1, -0.05) is 0 Å². The summed E-state index contributed by atoms with van der Waals surface area (Å²) in [6, 6.07) is 0. The first kappa shape index (κ1) is 8.26. The molecular formula is C10H12O4. The standard InChI is InChI=1S/C10H12O4/c1-5(11)13-4-6-2-7-8-3-10(6,8)14-9(7)12/h6-8H,2-4H2,1H3. The first-order chi connectivity index (χ1) is 6.63. The normalized spacial score (nSPS) is 47.2. The van der Waals surface area contributed by atoms with Gasteiger partial charge in [0, 0.05) is 18.8 Å². The molecule has 1 heterocycles. The lowest BCUT2D eigenvalue weighted by atomic mass is 9.95. The molecule has 3 rings (SSSR count). The second-order valence-electron chi connectivity index (χ2n) is 4.53. The second-order valence-corrected chi connectivity index (χ2v) is 4.53. The monoisotopic (exact) mass is 196 g/mol. The van der Waals surface area contributed by atoms with Crippen LogP contribution >= 0.6 is 0 Å². The Morgan fingerprint density at radius 2 is 2.50 bits per heavy atom. The topological polar surface area (TPSA) is 52.6 Å². The second kappa shape index (κ2) is 2.30. The molecule has 1 aliphatic heterocycles. The molecule has 3 fully saturated rings. The molecular weight excluding hydrogens is 184 g/mol. The van der Waals surface area contributed by atoms with Gasteiger partial charge in [-0.25, -0.2) is 0 Å². The molecule has 0 radical (unpaired) electrons. The number of carbonyl (C=O) groups excluding carboxylic acids is 2. The van der Waals surface area contributed by atoms with Crippen LogP contribution in [0.4, 0.5) is 0 Å².